The molecule has 0 aliphatic carbocycles. The van der Waals surface area contributed by atoms with Crippen molar-refractivity contribution in [1.29, 1.82) is 0 Å². The third-order valence-electron chi connectivity index (χ3n) is 4.54. The maximum Gasteiger partial charge on any atom is 0.241 e. The number of nitrogens with zero attached hydrogens (tertiary/aromatic N) is 1. The number of carbonyl (C=O) groups excluding carboxylic acids is 1. The number of benzene rings is 1. The SMILES string of the molecule is Cc1cccc(C2NC(C)C(=O)N2CC2(C)CCCO2)c1. The largest absolute Gasteiger partial charge is 0.373 e. The molecule has 3 unspecified atom stereocenters. The third kappa shape index (κ3) is 2.83. The molecule has 0 radical (unpaired) electrons. The Labute approximate surface area is 126 Å². The van der Waals surface area contributed by atoms with Crippen molar-refractivity contribution in [2.75, 3.05) is 13.2 Å². The minimum absolute atomic E-state index is 0.0478. The zero-order valence-corrected chi connectivity index (χ0v) is 13.1. The Kier molecular flexibility index (Phi) is 3.76. The molecule has 0 aromatic heterocycles. The van der Waals surface area contributed by atoms with Crippen LogP contribution in [0, 0.1) is 6.92 Å². The first kappa shape index (κ1) is 14.5. The van der Waals surface area contributed by atoms with Crippen LogP contribution < -0.4 is 5.32 Å². The van der Waals surface area contributed by atoms with Crippen molar-refractivity contribution in [1.82, 2.24) is 10.2 Å². The summed E-state index contributed by atoms with van der Waals surface area (Å²) in [6.45, 7) is 7.58. The molecule has 3 atom stereocenters. The fourth-order valence-corrected chi connectivity index (χ4v) is 3.38. The number of aryl methyl sites for hydroxylation is 1. The highest BCUT2D eigenvalue weighted by Crippen LogP contribution is 2.32. The highest BCUT2D eigenvalue weighted by Gasteiger charge is 2.42. The Bertz CT molecular complexity index is 537. The van der Waals surface area contributed by atoms with Crippen molar-refractivity contribution in [2.45, 2.75) is 51.4 Å². The lowest BCUT2D eigenvalue weighted by molar-refractivity contribution is -0.133. The van der Waals surface area contributed by atoms with Gasteiger partial charge in [-0.1, -0.05) is 29.8 Å². The maximum atomic E-state index is 12.5. The number of rotatable bonds is 3. The Balaban J connectivity index is 1.86. The van der Waals surface area contributed by atoms with Crippen molar-refractivity contribution in [3.05, 3.63) is 35.4 Å². The molecule has 2 aliphatic heterocycles. The number of hydrogen-bond donors (Lipinski definition) is 1. The Morgan fingerprint density at radius 2 is 2.29 bits per heavy atom. The molecule has 3 rings (SSSR count). The molecule has 2 saturated heterocycles. The van der Waals surface area contributed by atoms with Crippen LogP contribution in [-0.2, 0) is 9.53 Å². The zero-order chi connectivity index (χ0) is 15.0. The van der Waals surface area contributed by atoms with E-state index in [0.717, 1.165) is 25.0 Å². The van der Waals surface area contributed by atoms with Crippen molar-refractivity contribution >= 4 is 5.91 Å². The van der Waals surface area contributed by atoms with E-state index < -0.39 is 0 Å². The molecule has 1 aromatic rings. The monoisotopic (exact) mass is 288 g/mol. The lowest BCUT2D eigenvalue weighted by Gasteiger charge is -2.33. The second-order valence-electron chi connectivity index (χ2n) is 6.57. The Morgan fingerprint density at radius 3 is 2.95 bits per heavy atom. The quantitative estimate of drug-likeness (QED) is 0.928. The fraction of sp³-hybridized carbons (Fsp3) is 0.588. The summed E-state index contributed by atoms with van der Waals surface area (Å²) in [6.07, 6.45) is 2.05. The lowest BCUT2D eigenvalue weighted by atomic mass is 10.0. The summed E-state index contributed by atoms with van der Waals surface area (Å²) < 4.78 is 5.87. The van der Waals surface area contributed by atoms with Crippen LogP contribution >= 0.6 is 0 Å². The molecule has 2 fully saturated rings. The first-order valence-corrected chi connectivity index (χ1v) is 7.76. The molecule has 4 nitrogen and oxygen atoms in total. The molecule has 2 aliphatic rings. The van der Waals surface area contributed by atoms with Crippen LogP contribution in [0.2, 0.25) is 0 Å². The summed E-state index contributed by atoms with van der Waals surface area (Å²) >= 11 is 0. The molecule has 0 bridgehead atoms. The van der Waals surface area contributed by atoms with Gasteiger partial charge >= 0.3 is 0 Å². The van der Waals surface area contributed by atoms with Crippen LogP contribution in [-0.4, -0.2) is 35.6 Å². The Morgan fingerprint density at radius 1 is 1.48 bits per heavy atom. The lowest BCUT2D eigenvalue weighted by Crippen LogP contribution is -2.43. The van der Waals surface area contributed by atoms with Gasteiger partial charge in [0.1, 0.15) is 6.17 Å². The van der Waals surface area contributed by atoms with Gasteiger partial charge in [0.2, 0.25) is 5.91 Å². The number of nitrogens with one attached hydrogen (secondary N) is 1. The smallest absolute Gasteiger partial charge is 0.241 e. The van der Waals surface area contributed by atoms with E-state index in [0.29, 0.717) is 6.54 Å². The standard InChI is InChI=1S/C17H24N2O2/c1-12-6-4-7-14(10-12)15-18-13(2)16(20)19(15)11-17(3)8-5-9-21-17/h4,6-7,10,13,15,18H,5,8-9,11H2,1-3H3. The number of carbonyl (C=O) groups is 1. The topological polar surface area (TPSA) is 41.6 Å². The molecule has 4 heteroatoms. The van der Waals surface area contributed by atoms with Crippen LogP contribution in [0.25, 0.3) is 0 Å². The highest BCUT2D eigenvalue weighted by atomic mass is 16.5. The minimum atomic E-state index is -0.205. The van der Waals surface area contributed by atoms with Crippen LogP contribution in [0.3, 0.4) is 0 Å². The summed E-state index contributed by atoms with van der Waals surface area (Å²) in [5.41, 5.74) is 2.16. The molecule has 114 valence electrons. The zero-order valence-electron chi connectivity index (χ0n) is 13.1. The third-order valence-corrected chi connectivity index (χ3v) is 4.54. The molecule has 21 heavy (non-hydrogen) atoms. The highest BCUT2D eigenvalue weighted by molar-refractivity contribution is 5.84. The van der Waals surface area contributed by atoms with E-state index in [-0.39, 0.29) is 23.7 Å². The summed E-state index contributed by atoms with van der Waals surface area (Å²) in [5.74, 6) is 0.165. The van der Waals surface area contributed by atoms with Crippen LogP contribution in [0.15, 0.2) is 24.3 Å². The van der Waals surface area contributed by atoms with E-state index in [1.54, 1.807) is 0 Å². The summed E-state index contributed by atoms with van der Waals surface area (Å²) in [5, 5.41) is 3.41. The minimum Gasteiger partial charge on any atom is -0.373 e. The van der Waals surface area contributed by atoms with E-state index in [1.807, 2.05) is 17.9 Å². The van der Waals surface area contributed by atoms with Gasteiger partial charge in [0, 0.05) is 6.61 Å². The van der Waals surface area contributed by atoms with Crippen molar-refractivity contribution in [2.24, 2.45) is 0 Å². The summed E-state index contributed by atoms with van der Waals surface area (Å²) in [6, 6.07) is 8.22. The second-order valence-corrected chi connectivity index (χ2v) is 6.57. The molecular weight excluding hydrogens is 264 g/mol. The summed E-state index contributed by atoms with van der Waals surface area (Å²) in [4.78, 5) is 14.5. The van der Waals surface area contributed by atoms with E-state index in [4.69, 9.17) is 4.74 Å². The summed E-state index contributed by atoms with van der Waals surface area (Å²) in [7, 11) is 0. The Hall–Kier alpha value is -1.39. The van der Waals surface area contributed by atoms with E-state index in [1.165, 1.54) is 5.56 Å². The first-order chi connectivity index (χ1) is 9.98. The molecule has 1 aromatic carbocycles. The predicted octanol–water partition coefficient (Wildman–Crippen LogP) is 2.38. The molecular formula is C17H24N2O2. The average Bonchev–Trinajstić information content (AvgIpc) is 2.98. The predicted molar refractivity (Wildman–Crippen MR) is 81.8 cm³/mol. The normalized spacial score (nSPS) is 32.9. The maximum absolute atomic E-state index is 12.5. The van der Waals surface area contributed by atoms with Gasteiger partial charge in [-0.15, -0.1) is 0 Å². The van der Waals surface area contributed by atoms with E-state index in [9.17, 15) is 4.79 Å². The van der Waals surface area contributed by atoms with Crippen molar-refractivity contribution < 1.29 is 9.53 Å². The average molecular weight is 288 g/mol. The van der Waals surface area contributed by atoms with Gasteiger partial charge in [-0.2, -0.15) is 0 Å². The first-order valence-electron chi connectivity index (χ1n) is 7.76. The van der Waals surface area contributed by atoms with E-state index in [2.05, 4.69) is 37.4 Å². The number of ether oxygens (including phenoxy) is 1. The number of amides is 1. The molecule has 0 spiro atoms. The van der Waals surface area contributed by atoms with E-state index >= 15 is 0 Å². The van der Waals surface area contributed by atoms with Gasteiger partial charge in [-0.3, -0.25) is 10.1 Å². The fourth-order valence-electron chi connectivity index (χ4n) is 3.38. The molecule has 1 N–H and O–H groups in total. The molecule has 1 amide bonds. The number of hydrogen-bond acceptors (Lipinski definition) is 3. The second kappa shape index (κ2) is 5.43. The van der Waals surface area contributed by atoms with Gasteiger partial charge < -0.3 is 9.64 Å². The van der Waals surface area contributed by atoms with Gasteiger partial charge in [-0.25, -0.2) is 0 Å². The van der Waals surface area contributed by atoms with Gasteiger partial charge in [0.05, 0.1) is 18.2 Å². The van der Waals surface area contributed by atoms with Gasteiger partial charge in [0.25, 0.3) is 0 Å². The van der Waals surface area contributed by atoms with Gasteiger partial charge in [0.15, 0.2) is 0 Å². The van der Waals surface area contributed by atoms with Gasteiger partial charge in [-0.05, 0) is 39.2 Å². The molecule has 0 saturated carbocycles. The van der Waals surface area contributed by atoms with Crippen LogP contribution in [0.4, 0.5) is 0 Å². The van der Waals surface area contributed by atoms with Crippen LogP contribution in [0.1, 0.15) is 44.0 Å². The van der Waals surface area contributed by atoms with Crippen LogP contribution in [0.5, 0.6) is 0 Å². The van der Waals surface area contributed by atoms with Crippen molar-refractivity contribution in [3.63, 3.8) is 0 Å². The van der Waals surface area contributed by atoms with Crippen molar-refractivity contribution in [3.8, 4) is 0 Å². The molecule has 2 heterocycles.